The first kappa shape index (κ1) is 20.5. The molecule has 146 valence electrons. The standard InChI is InChI=1S/C25H22ClNO2/c1-17-4-8-19(9-5-17)16-29-25-23(26)13-20(14-24(25)28-3)12-22(15-27)21-10-6-18(2)7-11-21/h4-14H,16H2,1-3H3/b22-12+. The molecule has 4 heteroatoms. The van der Waals surface area contributed by atoms with Gasteiger partial charge in [0.05, 0.1) is 23.8 Å². The molecule has 29 heavy (non-hydrogen) atoms. The van der Waals surface area contributed by atoms with Gasteiger partial charge in [0.15, 0.2) is 11.5 Å². The summed E-state index contributed by atoms with van der Waals surface area (Å²) in [5.74, 6) is 1.01. The Morgan fingerprint density at radius 2 is 1.62 bits per heavy atom. The van der Waals surface area contributed by atoms with Crippen molar-refractivity contribution in [2.75, 3.05) is 7.11 Å². The molecule has 0 aromatic heterocycles. The zero-order valence-corrected chi connectivity index (χ0v) is 17.5. The summed E-state index contributed by atoms with van der Waals surface area (Å²) in [5, 5.41) is 10.0. The van der Waals surface area contributed by atoms with Gasteiger partial charge < -0.3 is 9.47 Å². The van der Waals surface area contributed by atoms with E-state index in [9.17, 15) is 5.26 Å². The predicted octanol–water partition coefficient (Wildman–Crippen LogP) is 6.61. The SMILES string of the molecule is COc1cc(/C=C(\C#N)c2ccc(C)cc2)cc(Cl)c1OCc1ccc(C)cc1. The van der Waals surface area contributed by atoms with Crippen molar-refractivity contribution in [3.8, 4) is 17.6 Å². The average Bonchev–Trinajstić information content (AvgIpc) is 2.72. The second-order valence-corrected chi connectivity index (χ2v) is 7.25. The van der Waals surface area contributed by atoms with Crippen LogP contribution in [0.2, 0.25) is 5.02 Å². The zero-order valence-electron chi connectivity index (χ0n) is 16.7. The van der Waals surface area contributed by atoms with Crippen molar-refractivity contribution in [3.63, 3.8) is 0 Å². The molecule has 0 bridgehead atoms. The van der Waals surface area contributed by atoms with E-state index in [-0.39, 0.29) is 0 Å². The quantitative estimate of drug-likeness (QED) is 0.343. The van der Waals surface area contributed by atoms with E-state index >= 15 is 0 Å². The highest BCUT2D eigenvalue weighted by Gasteiger charge is 2.13. The number of nitriles is 1. The van der Waals surface area contributed by atoms with Crippen molar-refractivity contribution in [2.24, 2.45) is 0 Å². The average molecular weight is 404 g/mol. The third-order valence-electron chi connectivity index (χ3n) is 4.55. The number of nitrogens with zero attached hydrogens (tertiary/aromatic N) is 1. The lowest BCUT2D eigenvalue weighted by Gasteiger charge is -2.14. The molecule has 3 aromatic rings. The van der Waals surface area contributed by atoms with Crippen LogP contribution in [0, 0.1) is 25.2 Å². The van der Waals surface area contributed by atoms with Gasteiger partial charge in [-0.1, -0.05) is 71.3 Å². The van der Waals surface area contributed by atoms with Gasteiger partial charge in [-0.15, -0.1) is 0 Å². The van der Waals surface area contributed by atoms with Crippen molar-refractivity contribution in [3.05, 3.63) is 93.5 Å². The van der Waals surface area contributed by atoms with E-state index in [0.29, 0.717) is 28.7 Å². The fraction of sp³-hybridized carbons (Fsp3) is 0.160. The van der Waals surface area contributed by atoms with Gasteiger partial charge in [-0.25, -0.2) is 0 Å². The van der Waals surface area contributed by atoms with Crippen molar-refractivity contribution in [1.29, 1.82) is 5.26 Å². The monoisotopic (exact) mass is 403 g/mol. The van der Waals surface area contributed by atoms with Gasteiger partial charge in [0.2, 0.25) is 0 Å². The lowest BCUT2D eigenvalue weighted by Crippen LogP contribution is -1.99. The van der Waals surface area contributed by atoms with Gasteiger partial charge >= 0.3 is 0 Å². The molecule has 0 heterocycles. The molecule has 0 unspecified atom stereocenters. The largest absolute Gasteiger partial charge is 0.493 e. The maximum absolute atomic E-state index is 9.58. The minimum Gasteiger partial charge on any atom is -0.493 e. The third kappa shape index (κ3) is 5.19. The van der Waals surface area contributed by atoms with Gasteiger partial charge in [0.25, 0.3) is 0 Å². The van der Waals surface area contributed by atoms with E-state index < -0.39 is 0 Å². The summed E-state index contributed by atoms with van der Waals surface area (Å²) in [7, 11) is 1.57. The van der Waals surface area contributed by atoms with Crippen LogP contribution in [-0.2, 0) is 6.61 Å². The summed E-state index contributed by atoms with van der Waals surface area (Å²) in [6.07, 6.45) is 1.79. The second kappa shape index (κ2) is 9.32. The minimum atomic E-state index is 0.387. The summed E-state index contributed by atoms with van der Waals surface area (Å²) in [5.41, 5.74) is 5.56. The highest BCUT2D eigenvalue weighted by atomic mass is 35.5. The Kier molecular flexibility index (Phi) is 6.59. The molecule has 0 aliphatic carbocycles. The highest BCUT2D eigenvalue weighted by molar-refractivity contribution is 6.32. The van der Waals surface area contributed by atoms with E-state index in [0.717, 1.165) is 22.3 Å². The molecule has 0 spiro atoms. The number of benzene rings is 3. The molecule has 0 aliphatic heterocycles. The Balaban J connectivity index is 1.88. The summed E-state index contributed by atoms with van der Waals surface area (Å²) in [6.45, 7) is 4.45. The first-order chi connectivity index (χ1) is 14.0. The first-order valence-electron chi connectivity index (χ1n) is 9.25. The van der Waals surface area contributed by atoms with Gasteiger partial charge in [-0.3, -0.25) is 0 Å². The fourth-order valence-corrected chi connectivity index (χ4v) is 3.16. The highest BCUT2D eigenvalue weighted by Crippen LogP contribution is 2.38. The van der Waals surface area contributed by atoms with Crippen LogP contribution in [0.1, 0.15) is 27.8 Å². The van der Waals surface area contributed by atoms with Gasteiger partial charge in [-0.05, 0) is 48.7 Å². The van der Waals surface area contributed by atoms with Crippen molar-refractivity contribution < 1.29 is 9.47 Å². The molecular weight excluding hydrogens is 382 g/mol. The number of allylic oxidation sites excluding steroid dienone is 1. The normalized spacial score (nSPS) is 11.1. The number of methoxy groups -OCH3 is 1. The van der Waals surface area contributed by atoms with Gasteiger partial charge in [-0.2, -0.15) is 5.26 Å². The fourth-order valence-electron chi connectivity index (χ4n) is 2.88. The molecule has 3 aromatic carbocycles. The Bertz CT molecular complexity index is 1060. The molecule has 0 N–H and O–H groups in total. The molecule has 0 saturated heterocycles. The molecule has 3 nitrogen and oxygen atoms in total. The Morgan fingerprint density at radius 3 is 2.21 bits per heavy atom. The number of hydrogen-bond donors (Lipinski definition) is 0. The molecule has 0 fully saturated rings. The van der Waals surface area contributed by atoms with Crippen LogP contribution in [0.15, 0.2) is 60.7 Å². The van der Waals surface area contributed by atoms with Crippen LogP contribution in [-0.4, -0.2) is 7.11 Å². The zero-order chi connectivity index (χ0) is 20.8. The topological polar surface area (TPSA) is 42.2 Å². The van der Waals surface area contributed by atoms with Crippen LogP contribution >= 0.6 is 11.6 Å². The Hall–Kier alpha value is -3.22. The Labute approximate surface area is 176 Å². The Morgan fingerprint density at radius 1 is 1.00 bits per heavy atom. The van der Waals surface area contributed by atoms with Gasteiger partial charge in [0, 0.05) is 0 Å². The van der Waals surface area contributed by atoms with Crippen LogP contribution in [0.5, 0.6) is 11.5 Å². The molecule has 0 aliphatic rings. The molecule has 0 radical (unpaired) electrons. The number of halogens is 1. The summed E-state index contributed by atoms with van der Waals surface area (Å²) < 4.78 is 11.4. The number of ether oxygens (including phenoxy) is 2. The van der Waals surface area contributed by atoms with E-state index in [4.69, 9.17) is 21.1 Å². The van der Waals surface area contributed by atoms with Crippen molar-refractivity contribution >= 4 is 23.3 Å². The molecule has 0 atom stereocenters. The summed E-state index contributed by atoms with van der Waals surface area (Å²) in [6, 6.07) is 21.8. The van der Waals surface area contributed by atoms with E-state index in [1.54, 1.807) is 19.3 Å². The van der Waals surface area contributed by atoms with E-state index in [1.165, 1.54) is 5.56 Å². The molecule has 0 amide bonds. The third-order valence-corrected chi connectivity index (χ3v) is 4.83. The lowest BCUT2D eigenvalue weighted by atomic mass is 10.0. The predicted molar refractivity (Wildman–Crippen MR) is 118 cm³/mol. The summed E-state index contributed by atoms with van der Waals surface area (Å²) >= 11 is 6.48. The van der Waals surface area contributed by atoms with Gasteiger partial charge in [0.1, 0.15) is 6.61 Å². The lowest BCUT2D eigenvalue weighted by molar-refractivity contribution is 0.284. The maximum atomic E-state index is 9.58. The number of rotatable bonds is 6. The second-order valence-electron chi connectivity index (χ2n) is 6.84. The van der Waals surface area contributed by atoms with Crippen molar-refractivity contribution in [1.82, 2.24) is 0 Å². The number of aryl methyl sites for hydroxylation is 2. The first-order valence-corrected chi connectivity index (χ1v) is 9.62. The van der Waals surface area contributed by atoms with Crippen LogP contribution in [0.25, 0.3) is 11.6 Å². The van der Waals surface area contributed by atoms with Crippen molar-refractivity contribution in [2.45, 2.75) is 20.5 Å². The summed E-state index contributed by atoms with van der Waals surface area (Å²) in [4.78, 5) is 0. The number of hydrogen-bond acceptors (Lipinski definition) is 3. The maximum Gasteiger partial charge on any atom is 0.180 e. The van der Waals surface area contributed by atoms with Crippen LogP contribution < -0.4 is 9.47 Å². The minimum absolute atomic E-state index is 0.387. The van der Waals surface area contributed by atoms with Crippen LogP contribution in [0.4, 0.5) is 0 Å². The molecule has 0 saturated carbocycles. The van der Waals surface area contributed by atoms with E-state index in [1.807, 2.05) is 68.4 Å². The smallest absolute Gasteiger partial charge is 0.180 e. The van der Waals surface area contributed by atoms with Crippen LogP contribution in [0.3, 0.4) is 0 Å². The molecule has 3 rings (SSSR count). The van der Waals surface area contributed by atoms with E-state index in [2.05, 4.69) is 6.07 Å². The molecular formula is C25H22ClNO2.